The lowest BCUT2D eigenvalue weighted by Gasteiger charge is -2.09. The summed E-state index contributed by atoms with van der Waals surface area (Å²) in [5, 5.41) is 8.03. The van der Waals surface area contributed by atoms with Gasteiger partial charge in [-0.05, 0) is 36.2 Å². The van der Waals surface area contributed by atoms with Gasteiger partial charge < -0.3 is 10.5 Å². The molecule has 0 spiro atoms. The molecule has 3 N–H and O–H groups in total. The molecule has 2 aromatic rings. The van der Waals surface area contributed by atoms with E-state index in [1.165, 1.54) is 0 Å². The number of hydrogen-bond acceptors (Lipinski definition) is 2. The highest BCUT2D eigenvalue weighted by Crippen LogP contribution is 2.22. The Balaban J connectivity index is 2.04. The summed E-state index contributed by atoms with van der Waals surface area (Å²) in [6.45, 7) is 2.43. The molecule has 0 atom stereocenters. The Morgan fingerprint density at radius 3 is 2.47 bits per heavy atom. The maximum atomic E-state index is 7.32. The van der Waals surface area contributed by atoms with Gasteiger partial charge in [-0.2, -0.15) is 0 Å². The smallest absolute Gasteiger partial charge is 0.122 e. The first-order valence-electron chi connectivity index (χ1n) is 5.88. The van der Waals surface area contributed by atoms with Gasteiger partial charge in [0.1, 0.15) is 18.2 Å². The van der Waals surface area contributed by atoms with Crippen molar-refractivity contribution in [2.45, 2.75) is 13.5 Å². The maximum absolute atomic E-state index is 7.32. The highest BCUT2D eigenvalue weighted by molar-refractivity contribution is 6.30. The van der Waals surface area contributed by atoms with Gasteiger partial charge in [0.05, 0.1) is 0 Å². The van der Waals surface area contributed by atoms with E-state index in [4.69, 9.17) is 27.5 Å². The van der Waals surface area contributed by atoms with Crippen LogP contribution in [-0.4, -0.2) is 5.84 Å². The molecule has 0 aliphatic rings. The van der Waals surface area contributed by atoms with Gasteiger partial charge in [0.15, 0.2) is 0 Å². The molecule has 0 saturated carbocycles. The van der Waals surface area contributed by atoms with Crippen molar-refractivity contribution < 1.29 is 4.74 Å². The topological polar surface area (TPSA) is 59.1 Å². The van der Waals surface area contributed by atoms with Crippen LogP contribution in [0.5, 0.6) is 5.75 Å². The molecule has 0 heterocycles. The summed E-state index contributed by atoms with van der Waals surface area (Å²) in [7, 11) is 0. The molecule has 0 radical (unpaired) electrons. The zero-order valence-electron chi connectivity index (χ0n) is 10.6. The van der Waals surface area contributed by atoms with Crippen LogP contribution in [0.2, 0.25) is 5.02 Å². The van der Waals surface area contributed by atoms with Gasteiger partial charge in [-0.3, -0.25) is 5.41 Å². The minimum absolute atomic E-state index is 0.0704. The fourth-order valence-electron chi connectivity index (χ4n) is 1.72. The molecule has 98 valence electrons. The van der Waals surface area contributed by atoms with Gasteiger partial charge in [-0.25, -0.2) is 0 Å². The van der Waals surface area contributed by atoms with E-state index in [1.54, 1.807) is 0 Å². The van der Waals surface area contributed by atoms with E-state index < -0.39 is 0 Å². The third kappa shape index (κ3) is 3.48. The van der Waals surface area contributed by atoms with E-state index in [1.807, 2.05) is 49.4 Å². The number of hydrogen-bond donors (Lipinski definition) is 2. The van der Waals surface area contributed by atoms with Gasteiger partial charge >= 0.3 is 0 Å². The number of aryl methyl sites for hydroxylation is 1. The molecule has 0 amide bonds. The fraction of sp³-hybridized carbons (Fsp3) is 0.133. The Hall–Kier alpha value is -2.00. The van der Waals surface area contributed by atoms with Crippen molar-refractivity contribution in [2.75, 3.05) is 0 Å². The number of amidine groups is 1. The summed E-state index contributed by atoms with van der Waals surface area (Å²) >= 11 is 5.89. The van der Waals surface area contributed by atoms with Crippen LogP contribution in [0.25, 0.3) is 0 Å². The Bertz CT molecular complexity index is 594. The van der Waals surface area contributed by atoms with Crippen molar-refractivity contribution >= 4 is 17.4 Å². The Morgan fingerprint density at radius 1 is 1.21 bits per heavy atom. The van der Waals surface area contributed by atoms with Crippen molar-refractivity contribution in [3.05, 3.63) is 64.2 Å². The summed E-state index contributed by atoms with van der Waals surface area (Å²) in [4.78, 5) is 0. The molecule has 0 aliphatic carbocycles. The highest BCUT2D eigenvalue weighted by atomic mass is 35.5. The van der Waals surface area contributed by atoms with E-state index in [9.17, 15) is 0 Å². The molecule has 0 bridgehead atoms. The first-order valence-corrected chi connectivity index (χ1v) is 6.26. The van der Waals surface area contributed by atoms with Crippen LogP contribution in [0, 0.1) is 12.3 Å². The van der Waals surface area contributed by atoms with Gasteiger partial charge in [0.25, 0.3) is 0 Å². The van der Waals surface area contributed by atoms with E-state index in [0.717, 1.165) is 16.9 Å². The predicted octanol–water partition coefficient (Wildman–Crippen LogP) is 3.51. The number of nitrogen functional groups attached to an aromatic ring is 1. The molecule has 0 unspecified atom stereocenters. The van der Waals surface area contributed by atoms with E-state index in [2.05, 4.69) is 0 Å². The molecule has 4 heteroatoms. The van der Waals surface area contributed by atoms with E-state index >= 15 is 0 Å². The summed E-state index contributed by atoms with van der Waals surface area (Å²) in [5.74, 6) is 0.890. The van der Waals surface area contributed by atoms with Crippen molar-refractivity contribution in [1.29, 1.82) is 5.41 Å². The number of ether oxygens (including phenoxy) is 1. The summed E-state index contributed by atoms with van der Waals surface area (Å²) in [5.41, 5.74) is 8.15. The molecule has 3 nitrogen and oxygen atoms in total. The van der Waals surface area contributed by atoms with Crippen molar-refractivity contribution in [3.8, 4) is 5.75 Å². The minimum atomic E-state index is 0.0704. The Morgan fingerprint density at radius 2 is 1.89 bits per heavy atom. The number of rotatable bonds is 4. The quantitative estimate of drug-likeness (QED) is 0.662. The predicted molar refractivity (Wildman–Crippen MR) is 78.0 cm³/mol. The number of benzene rings is 2. The number of nitrogens with two attached hydrogens (primary N) is 1. The number of nitrogens with one attached hydrogen (secondary N) is 1. The fourth-order valence-corrected chi connectivity index (χ4v) is 1.94. The van der Waals surface area contributed by atoms with Crippen LogP contribution in [0.1, 0.15) is 16.7 Å². The van der Waals surface area contributed by atoms with Crippen LogP contribution in [0.4, 0.5) is 0 Å². The standard InChI is InChI=1S/C15H15ClN2O/c1-10-8-13(16)6-7-14(10)19-9-11-2-4-12(5-3-11)15(17)18/h2-8H,9H2,1H3,(H3,17,18). The molecule has 0 aromatic heterocycles. The summed E-state index contributed by atoms with van der Waals surface area (Å²) < 4.78 is 5.73. The third-order valence-corrected chi connectivity index (χ3v) is 3.03. The summed E-state index contributed by atoms with van der Waals surface area (Å²) in [6, 6.07) is 13.0. The maximum Gasteiger partial charge on any atom is 0.122 e. The van der Waals surface area contributed by atoms with Gasteiger partial charge in [0.2, 0.25) is 0 Å². The molecule has 2 aromatic carbocycles. The molecule has 19 heavy (non-hydrogen) atoms. The van der Waals surface area contributed by atoms with Crippen molar-refractivity contribution in [1.82, 2.24) is 0 Å². The van der Waals surface area contributed by atoms with Gasteiger partial charge in [-0.1, -0.05) is 35.9 Å². The average Bonchev–Trinajstić information content (AvgIpc) is 2.38. The van der Waals surface area contributed by atoms with Crippen LogP contribution < -0.4 is 10.5 Å². The van der Waals surface area contributed by atoms with Crippen molar-refractivity contribution in [3.63, 3.8) is 0 Å². The minimum Gasteiger partial charge on any atom is -0.489 e. The van der Waals surface area contributed by atoms with E-state index in [-0.39, 0.29) is 5.84 Å². The van der Waals surface area contributed by atoms with E-state index in [0.29, 0.717) is 17.2 Å². The normalized spacial score (nSPS) is 10.2. The Kier molecular flexibility index (Phi) is 4.07. The second kappa shape index (κ2) is 5.76. The Labute approximate surface area is 117 Å². The third-order valence-electron chi connectivity index (χ3n) is 2.80. The summed E-state index contributed by atoms with van der Waals surface area (Å²) in [6.07, 6.45) is 0. The SMILES string of the molecule is Cc1cc(Cl)ccc1OCc1ccc(C(=N)N)cc1. The second-order valence-electron chi connectivity index (χ2n) is 4.31. The van der Waals surface area contributed by atoms with Gasteiger partial charge in [-0.15, -0.1) is 0 Å². The molecular formula is C15H15ClN2O. The lowest BCUT2D eigenvalue weighted by atomic mass is 10.1. The molecule has 2 rings (SSSR count). The van der Waals surface area contributed by atoms with Gasteiger partial charge in [0, 0.05) is 10.6 Å². The highest BCUT2D eigenvalue weighted by Gasteiger charge is 2.02. The zero-order chi connectivity index (χ0) is 13.8. The average molecular weight is 275 g/mol. The molecule has 0 fully saturated rings. The number of halogens is 1. The van der Waals surface area contributed by atoms with Crippen molar-refractivity contribution in [2.24, 2.45) is 5.73 Å². The first kappa shape index (κ1) is 13.4. The molecule has 0 aliphatic heterocycles. The lowest BCUT2D eigenvalue weighted by Crippen LogP contribution is -2.10. The largest absolute Gasteiger partial charge is 0.489 e. The van der Waals surface area contributed by atoms with Crippen LogP contribution in [0.15, 0.2) is 42.5 Å². The van der Waals surface area contributed by atoms with Crippen LogP contribution >= 0.6 is 11.6 Å². The second-order valence-corrected chi connectivity index (χ2v) is 4.75. The molecular weight excluding hydrogens is 260 g/mol. The van der Waals surface area contributed by atoms with Crippen LogP contribution in [0.3, 0.4) is 0 Å². The van der Waals surface area contributed by atoms with Crippen LogP contribution in [-0.2, 0) is 6.61 Å². The lowest BCUT2D eigenvalue weighted by molar-refractivity contribution is 0.304. The first-order chi connectivity index (χ1) is 9.06. The monoisotopic (exact) mass is 274 g/mol. The molecule has 0 saturated heterocycles. The zero-order valence-corrected chi connectivity index (χ0v) is 11.4.